The molecular formula is C27H43FO3. The van der Waals surface area contributed by atoms with Crippen LogP contribution < -0.4 is 0 Å². The lowest BCUT2D eigenvalue weighted by atomic mass is 9.60. The van der Waals surface area contributed by atoms with Crippen molar-refractivity contribution in [3.05, 3.63) is 35.5 Å². The molecule has 176 valence electrons. The average Bonchev–Trinajstić information content (AvgIpc) is 3.04. The first-order valence-electron chi connectivity index (χ1n) is 12.3. The Morgan fingerprint density at radius 3 is 2.61 bits per heavy atom. The summed E-state index contributed by atoms with van der Waals surface area (Å²) in [5.74, 6) is 1.62. The molecule has 0 saturated heterocycles. The highest BCUT2D eigenvalue weighted by atomic mass is 19.1. The Morgan fingerprint density at radius 1 is 1.23 bits per heavy atom. The molecule has 0 aromatic heterocycles. The van der Waals surface area contributed by atoms with Gasteiger partial charge in [0.2, 0.25) is 0 Å². The van der Waals surface area contributed by atoms with Crippen LogP contribution in [0.2, 0.25) is 0 Å². The highest BCUT2D eigenvalue weighted by Gasteiger charge is 2.50. The Labute approximate surface area is 188 Å². The highest BCUT2D eigenvalue weighted by Crippen LogP contribution is 2.60. The molecule has 3 aliphatic carbocycles. The van der Waals surface area contributed by atoms with Gasteiger partial charge in [0.05, 0.1) is 18.3 Å². The number of fused-ring (bicyclic) bond motifs is 1. The van der Waals surface area contributed by atoms with Crippen LogP contribution in [0.5, 0.6) is 0 Å². The van der Waals surface area contributed by atoms with Crippen molar-refractivity contribution in [2.24, 2.45) is 23.2 Å². The molecule has 3 N–H and O–H groups in total. The van der Waals surface area contributed by atoms with Crippen LogP contribution in [0.25, 0.3) is 0 Å². The minimum absolute atomic E-state index is 0.251. The largest absolute Gasteiger partial charge is 0.393 e. The molecule has 0 heterocycles. The quantitative estimate of drug-likeness (QED) is 0.506. The summed E-state index contributed by atoms with van der Waals surface area (Å²) in [6.07, 6.45) is 10.5. The van der Waals surface area contributed by atoms with Gasteiger partial charge in [-0.05, 0) is 99.5 Å². The van der Waals surface area contributed by atoms with Gasteiger partial charge in [-0.25, -0.2) is 4.39 Å². The van der Waals surface area contributed by atoms with Crippen molar-refractivity contribution < 1.29 is 19.7 Å². The summed E-state index contributed by atoms with van der Waals surface area (Å²) >= 11 is 0. The minimum Gasteiger partial charge on any atom is -0.393 e. The molecule has 0 amide bonds. The Morgan fingerprint density at radius 2 is 1.94 bits per heavy atom. The lowest BCUT2D eigenvalue weighted by molar-refractivity contribution is 0.00301. The monoisotopic (exact) mass is 434 g/mol. The van der Waals surface area contributed by atoms with Gasteiger partial charge >= 0.3 is 0 Å². The van der Waals surface area contributed by atoms with E-state index >= 15 is 0 Å². The van der Waals surface area contributed by atoms with Crippen LogP contribution in [0.3, 0.4) is 0 Å². The molecule has 0 aliphatic heterocycles. The van der Waals surface area contributed by atoms with E-state index in [1.54, 1.807) is 0 Å². The topological polar surface area (TPSA) is 60.7 Å². The normalized spacial score (nSPS) is 39.0. The molecule has 0 bridgehead atoms. The SMILES string of the molecule is C=C1/C(=C\C=C2CCC[C@@]3(C)C2CC[C@@H]3[C@H](C)CC[C@H](O)C(C)(C)F)C[C@@H](O)C[C@H]1O. The second-order valence-corrected chi connectivity index (χ2v) is 11.3. The Balaban J connectivity index is 1.71. The van der Waals surface area contributed by atoms with Gasteiger partial charge < -0.3 is 15.3 Å². The van der Waals surface area contributed by atoms with E-state index in [9.17, 15) is 19.7 Å². The standard InChI is InChI=1S/C27H43FO3/c1-17(8-13-25(31)26(3,4)28)22-11-12-23-19(7-6-14-27(22,23)5)9-10-20-15-21(29)16-24(30)18(20)2/h9-10,17,21-25,29-31H,2,6-8,11-16H2,1,3-5H3/b19-9?,20-10-/t17-,21-,22-,23?,24-,25+,27-/m1/s1. The summed E-state index contributed by atoms with van der Waals surface area (Å²) < 4.78 is 14.0. The molecule has 3 nitrogen and oxygen atoms in total. The molecule has 3 saturated carbocycles. The average molecular weight is 435 g/mol. The molecule has 3 aliphatic rings. The van der Waals surface area contributed by atoms with Crippen LogP contribution >= 0.6 is 0 Å². The van der Waals surface area contributed by atoms with E-state index in [2.05, 4.69) is 32.6 Å². The van der Waals surface area contributed by atoms with E-state index in [4.69, 9.17) is 0 Å². The van der Waals surface area contributed by atoms with E-state index in [0.717, 1.165) is 24.0 Å². The van der Waals surface area contributed by atoms with Crippen molar-refractivity contribution in [2.45, 2.75) is 109 Å². The summed E-state index contributed by atoms with van der Waals surface area (Å²) in [6.45, 7) is 11.7. The maximum atomic E-state index is 14.0. The first-order chi connectivity index (χ1) is 14.4. The second kappa shape index (κ2) is 9.49. The third-order valence-corrected chi connectivity index (χ3v) is 8.68. The predicted molar refractivity (Wildman–Crippen MR) is 124 cm³/mol. The van der Waals surface area contributed by atoms with Gasteiger partial charge in [0.25, 0.3) is 0 Å². The fourth-order valence-electron chi connectivity index (χ4n) is 6.64. The summed E-state index contributed by atoms with van der Waals surface area (Å²) in [5.41, 5.74) is 1.91. The van der Waals surface area contributed by atoms with Gasteiger partial charge in [-0.2, -0.15) is 0 Å². The van der Waals surface area contributed by atoms with Crippen molar-refractivity contribution in [1.29, 1.82) is 0 Å². The maximum Gasteiger partial charge on any atom is 0.131 e. The van der Waals surface area contributed by atoms with Crippen LogP contribution in [-0.2, 0) is 0 Å². The first kappa shape index (κ1) is 24.7. The Kier molecular flexibility index (Phi) is 7.55. The molecule has 1 unspecified atom stereocenters. The number of hydrogen-bond acceptors (Lipinski definition) is 3. The second-order valence-electron chi connectivity index (χ2n) is 11.3. The highest BCUT2D eigenvalue weighted by molar-refractivity contribution is 5.38. The molecule has 0 radical (unpaired) electrons. The molecule has 0 aromatic rings. The number of allylic oxidation sites excluding steroid dienone is 3. The minimum atomic E-state index is -1.54. The molecule has 4 heteroatoms. The number of aliphatic hydroxyl groups is 3. The van der Waals surface area contributed by atoms with Crippen LogP contribution in [0.15, 0.2) is 35.5 Å². The van der Waals surface area contributed by atoms with E-state index < -0.39 is 24.0 Å². The van der Waals surface area contributed by atoms with Gasteiger partial charge in [0.1, 0.15) is 5.67 Å². The third-order valence-electron chi connectivity index (χ3n) is 8.68. The van der Waals surface area contributed by atoms with Gasteiger partial charge in [0, 0.05) is 6.42 Å². The zero-order valence-electron chi connectivity index (χ0n) is 19.9. The summed E-state index contributed by atoms with van der Waals surface area (Å²) in [7, 11) is 0. The number of rotatable bonds is 6. The zero-order chi connectivity index (χ0) is 23.0. The summed E-state index contributed by atoms with van der Waals surface area (Å²) in [6, 6.07) is 0. The first-order valence-corrected chi connectivity index (χ1v) is 12.3. The van der Waals surface area contributed by atoms with E-state index in [-0.39, 0.29) is 5.41 Å². The van der Waals surface area contributed by atoms with Crippen molar-refractivity contribution >= 4 is 0 Å². The molecule has 3 rings (SSSR count). The van der Waals surface area contributed by atoms with Crippen LogP contribution in [0, 0.1) is 23.2 Å². The fraction of sp³-hybridized carbons (Fsp3) is 0.778. The maximum absolute atomic E-state index is 14.0. The molecule has 31 heavy (non-hydrogen) atoms. The lowest BCUT2D eigenvalue weighted by Crippen LogP contribution is -2.37. The van der Waals surface area contributed by atoms with Crippen molar-refractivity contribution in [2.75, 3.05) is 0 Å². The van der Waals surface area contributed by atoms with Crippen LogP contribution in [0.4, 0.5) is 4.39 Å². The van der Waals surface area contributed by atoms with Crippen molar-refractivity contribution in [3.63, 3.8) is 0 Å². The Hall–Kier alpha value is -0.970. The zero-order valence-corrected chi connectivity index (χ0v) is 19.9. The molecule has 7 atom stereocenters. The molecular weight excluding hydrogens is 391 g/mol. The van der Waals surface area contributed by atoms with Gasteiger partial charge in [-0.15, -0.1) is 0 Å². The summed E-state index contributed by atoms with van der Waals surface area (Å²) in [5, 5.41) is 30.3. The predicted octanol–water partition coefficient (Wildman–Crippen LogP) is 5.65. The lowest BCUT2D eigenvalue weighted by Gasteiger charge is -2.44. The Bertz CT molecular complexity index is 718. The number of alkyl halides is 1. The number of aliphatic hydroxyl groups excluding tert-OH is 3. The molecule has 3 fully saturated rings. The summed E-state index contributed by atoms with van der Waals surface area (Å²) in [4.78, 5) is 0. The van der Waals surface area contributed by atoms with E-state index in [0.29, 0.717) is 37.0 Å². The van der Waals surface area contributed by atoms with Gasteiger partial charge in [-0.3, -0.25) is 0 Å². The van der Waals surface area contributed by atoms with Crippen LogP contribution in [-0.4, -0.2) is 39.3 Å². The van der Waals surface area contributed by atoms with E-state index in [1.165, 1.54) is 45.1 Å². The van der Waals surface area contributed by atoms with Crippen molar-refractivity contribution in [1.82, 2.24) is 0 Å². The third kappa shape index (κ3) is 5.34. The smallest absolute Gasteiger partial charge is 0.131 e. The number of halogens is 1. The van der Waals surface area contributed by atoms with Crippen LogP contribution in [0.1, 0.15) is 85.5 Å². The van der Waals surface area contributed by atoms with Gasteiger partial charge in [-0.1, -0.05) is 38.2 Å². The van der Waals surface area contributed by atoms with Gasteiger partial charge in [0.15, 0.2) is 0 Å². The molecule has 0 spiro atoms. The van der Waals surface area contributed by atoms with Crippen molar-refractivity contribution in [3.8, 4) is 0 Å². The number of hydrogen-bond donors (Lipinski definition) is 3. The fourth-order valence-corrected chi connectivity index (χ4v) is 6.64. The molecule has 0 aromatic carbocycles. The van der Waals surface area contributed by atoms with E-state index in [1.807, 2.05) is 0 Å².